The van der Waals surface area contributed by atoms with E-state index in [4.69, 9.17) is 0 Å². The van der Waals surface area contributed by atoms with E-state index >= 15 is 0 Å². The maximum absolute atomic E-state index is 2.52. The molecule has 9 aromatic rings. The van der Waals surface area contributed by atoms with Gasteiger partial charge in [-0.3, -0.25) is 0 Å². The van der Waals surface area contributed by atoms with Crippen molar-refractivity contribution in [1.82, 2.24) is 0 Å². The lowest BCUT2D eigenvalue weighted by Gasteiger charge is -2.26. The van der Waals surface area contributed by atoms with Crippen molar-refractivity contribution in [1.29, 1.82) is 0 Å². The Balaban J connectivity index is 1.18. The van der Waals surface area contributed by atoms with Crippen molar-refractivity contribution in [2.24, 2.45) is 0 Å². The van der Waals surface area contributed by atoms with Gasteiger partial charge in [0.15, 0.2) is 0 Å². The van der Waals surface area contributed by atoms with Crippen LogP contribution in [0.3, 0.4) is 0 Å². The standard InChI is InChI=1S/C62H58P2S/c1-7-61(3,4)55-43-59-53(41-47(55)39-37-45-25-21-23-35-57(45)63(49-27-13-9-14-28-49)50-29-15-10-16-30-50)54-42-48(56(44-60(54)65-59)62(5,6)8-2)40-38-46-26-22-24-36-58(46)64(51-31-17-11-18-32-51)52-33-19-12-20-34-52/h9-44H,7-8H2,1-6H3/b39-37+,40-38+. The fourth-order valence-electron chi connectivity index (χ4n) is 8.92. The van der Waals surface area contributed by atoms with Gasteiger partial charge in [-0.15, -0.1) is 11.3 Å². The highest BCUT2D eigenvalue weighted by Gasteiger charge is 2.26. The number of benzene rings is 8. The molecule has 0 saturated heterocycles. The third-order valence-corrected chi connectivity index (χ3v) is 19.5. The molecule has 0 unspecified atom stereocenters. The Kier molecular flexibility index (Phi) is 13.3. The normalized spacial score (nSPS) is 12.4. The molecule has 0 radical (unpaired) electrons. The van der Waals surface area contributed by atoms with E-state index in [1.807, 2.05) is 11.3 Å². The van der Waals surface area contributed by atoms with E-state index < -0.39 is 15.8 Å². The Labute approximate surface area is 394 Å². The van der Waals surface area contributed by atoms with Crippen LogP contribution in [0.15, 0.2) is 194 Å². The van der Waals surface area contributed by atoms with Crippen molar-refractivity contribution in [2.75, 3.05) is 0 Å². The number of thiophene rings is 1. The monoisotopic (exact) mass is 896 g/mol. The molecule has 0 nitrogen and oxygen atoms in total. The summed E-state index contributed by atoms with van der Waals surface area (Å²) < 4.78 is 2.71. The molecule has 3 heteroatoms. The van der Waals surface area contributed by atoms with Gasteiger partial charge in [-0.25, -0.2) is 0 Å². The predicted octanol–water partition coefficient (Wildman–Crippen LogP) is 15.3. The van der Waals surface area contributed by atoms with E-state index in [0.29, 0.717) is 0 Å². The Hall–Kier alpha value is -5.68. The van der Waals surface area contributed by atoms with Gasteiger partial charge in [0.2, 0.25) is 0 Å². The molecular formula is C62H58P2S. The minimum absolute atomic E-state index is 0.000191. The summed E-state index contributed by atoms with van der Waals surface area (Å²) >= 11 is 1.95. The molecule has 0 aliphatic rings. The van der Waals surface area contributed by atoms with Crippen LogP contribution in [-0.2, 0) is 10.8 Å². The summed E-state index contributed by atoms with van der Waals surface area (Å²) in [6, 6.07) is 72.3. The van der Waals surface area contributed by atoms with Crippen molar-refractivity contribution in [2.45, 2.75) is 65.2 Å². The van der Waals surface area contributed by atoms with Crippen molar-refractivity contribution < 1.29 is 0 Å². The highest BCUT2D eigenvalue weighted by molar-refractivity contribution is 7.80. The molecule has 322 valence electrons. The van der Waals surface area contributed by atoms with E-state index in [1.165, 1.54) is 85.4 Å². The van der Waals surface area contributed by atoms with E-state index in [0.717, 1.165) is 12.8 Å². The fourth-order valence-corrected chi connectivity index (χ4v) is 14.9. The molecule has 65 heavy (non-hydrogen) atoms. The molecule has 1 aromatic heterocycles. The van der Waals surface area contributed by atoms with Crippen molar-refractivity contribution in [3.05, 3.63) is 228 Å². The van der Waals surface area contributed by atoms with Crippen LogP contribution in [0.25, 0.3) is 44.5 Å². The number of hydrogen-bond donors (Lipinski definition) is 0. The lowest BCUT2D eigenvalue weighted by Crippen LogP contribution is -2.22. The minimum Gasteiger partial charge on any atom is -0.135 e. The van der Waals surface area contributed by atoms with Gasteiger partial charge in [-0.05, 0) is 129 Å². The molecule has 0 amide bonds. The molecule has 0 aliphatic carbocycles. The van der Waals surface area contributed by atoms with Gasteiger partial charge in [-0.1, -0.05) is 236 Å². The van der Waals surface area contributed by atoms with E-state index in [1.54, 1.807) is 0 Å². The third-order valence-electron chi connectivity index (χ3n) is 13.3. The maximum Gasteiger partial charge on any atom is 0.0358 e. The SMILES string of the molecule is CCC(C)(C)c1cc2sc3cc(C(C)(C)CC)c(/C=C/c4ccccc4P(c4ccccc4)c4ccccc4)cc3c2cc1/C=C/c1ccccc1P(c1ccccc1)c1ccccc1. The van der Waals surface area contributed by atoms with Crippen molar-refractivity contribution in [3.8, 4) is 0 Å². The van der Waals surface area contributed by atoms with Crippen LogP contribution in [0.2, 0.25) is 0 Å². The molecule has 0 saturated carbocycles. The molecule has 9 rings (SSSR count). The first-order valence-electron chi connectivity index (χ1n) is 23.0. The highest BCUT2D eigenvalue weighted by atomic mass is 32.1. The van der Waals surface area contributed by atoms with Crippen molar-refractivity contribution in [3.63, 3.8) is 0 Å². The van der Waals surface area contributed by atoms with Gasteiger partial charge < -0.3 is 0 Å². The number of rotatable bonds is 14. The average molecular weight is 897 g/mol. The van der Waals surface area contributed by atoms with Crippen LogP contribution in [0.1, 0.15) is 87.8 Å². The van der Waals surface area contributed by atoms with Crippen LogP contribution in [0.4, 0.5) is 0 Å². The molecule has 0 N–H and O–H groups in total. The summed E-state index contributed by atoms with van der Waals surface area (Å²) in [4.78, 5) is 0. The Morgan fingerprint density at radius 2 is 0.662 bits per heavy atom. The molecule has 0 fully saturated rings. The first-order valence-corrected chi connectivity index (χ1v) is 26.5. The molecule has 1 heterocycles. The number of hydrogen-bond acceptors (Lipinski definition) is 1. The maximum atomic E-state index is 2.52. The summed E-state index contributed by atoms with van der Waals surface area (Å²) in [6.07, 6.45) is 11.7. The number of fused-ring (bicyclic) bond motifs is 3. The molecule has 8 aromatic carbocycles. The van der Waals surface area contributed by atoms with E-state index in [-0.39, 0.29) is 10.8 Å². The molecule has 0 aliphatic heterocycles. The largest absolute Gasteiger partial charge is 0.135 e. The highest BCUT2D eigenvalue weighted by Crippen LogP contribution is 2.44. The van der Waals surface area contributed by atoms with E-state index in [2.05, 4.69) is 260 Å². The Morgan fingerprint density at radius 1 is 0.369 bits per heavy atom. The summed E-state index contributed by atoms with van der Waals surface area (Å²) in [5, 5.41) is 10.9. The van der Waals surface area contributed by atoms with Crippen LogP contribution >= 0.6 is 27.2 Å². The lowest BCUT2D eigenvalue weighted by molar-refractivity contribution is 0.506. The molecular weight excluding hydrogens is 839 g/mol. The van der Waals surface area contributed by atoms with Gasteiger partial charge >= 0.3 is 0 Å². The van der Waals surface area contributed by atoms with Crippen molar-refractivity contribution >= 4 is 103 Å². The molecule has 0 spiro atoms. The zero-order valence-electron chi connectivity index (χ0n) is 38.5. The van der Waals surface area contributed by atoms with Gasteiger partial charge in [-0.2, -0.15) is 0 Å². The zero-order valence-corrected chi connectivity index (χ0v) is 41.1. The summed E-state index contributed by atoms with van der Waals surface area (Å²) in [5.74, 6) is 0. The fraction of sp³-hybridized carbons (Fsp3) is 0.161. The minimum atomic E-state index is -0.749. The Morgan fingerprint density at radius 3 is 0.985 bits per heavy atom. The van der Waals surface area contributed by atoms with Crippen LogP contribution < -0.4 is 31.8 Å². The van der Waals surface area contributed by atoms with Gasteiger partial charge in [0.1, 0.15) is 0 Å². The Bertz CT molecular complexity index is 2820. The first kappa shape index (κ1) is 44.5. The summed E-state index contributed by atoms with van der Waals surface area (Å²) in [7, 11) is -1.50. The zero-order chi connectivity index (χ0) is 45.0. The second-order valence-corrected chi connectivity index (χ2v) is 23.7. The van der Waals surface area contributed by atoms with Crippen LogP contribution in [0, 0.1) is 0 Å². The third kappa shape index (κ3) is 9.40. The van der Waals surface area contributed by atoms with Crippen LogP contribution in [-0.4, -0.2) is 0 Å². The molecule has 0 atom stereocenters. The van der Waals surface area contributed by atoms with Gasteiger partial charge in [0, 0.05) is 20.2 Å². The van der Waals surface area contributed by atoms with Crippen LogP contribution in [0.5, 0.6) is 0 Å². The predicted molar refractivity (Wildman–Crippen MR) is 294 cm³/mol. The van der Waals surface area contributed by atoms with E-state index in [9.17, 15) is 0 Å². The van der Waals surface area contributed by atoms with Gasteiger partial charge in [0.05, 0.1) is 0 Å². The summed E-state index contributed by atoms with van der Waals surface area (Å²) in [6.45, 7) is 14.3. The smallest absolute Gasteiger partial charge is 0.0358 e. The topological polar surface area (TPSA) is 0 Å². The summed E-state index contributed by atoms with van der Waals surface area (Å²) in [5.41, 5.74) is 7.93. The second kappa shape index (κ2) is 19.4. The average Bonchev–Trinajstić information content (AvgIpc) is 3.70. The first-order chi connectivity index (χ1) is 31.6. The molecule has 0 bridgehead atoms. The lowest BCUT2D eigenvalue weighted by atomic mass is 9.78. The quantitative estimate of drug-likeness (QED) is 0.0754. The second-order valence-electron chi connectivity index (χ2n) is 18.2. The van der Waals surface area contributed by atoms with Gasteiger partial charge in [0.25, 0.3) is 0 Å².